The molecule has 0 saturated carbocycles. The van der Waals surface area contributed by atoms with Gasteiger partial charge in [-0.2, -0.15) is 0 Å². The molecule has 1 heteroatoms. The molecule has 0 amide bonds. The molecule has 378 valence electrons. The van der Waals surface area contributed by atoms with E-state index in [0.29, 0.717) is 5.92 Å². The first-order valence-corrected chi connectivity index (χ1v) is 27.9. The van der Waals surface area contributed by atoms with E-state index in [9.17, 15) is 0 Å². The number of rotatable bonds is 8. The van der Waals surface area contributed by atoms with E-state index in [1.807, 2.05) is 0 Å². The van der Waals surface area contributed by atoms with E-state index < -0.39 is 5.41 Å². The lowest BCUT2D eigenvalue weighted by Crippen LogP contribution is -2.26. The summed E-state index contributed by atoms with van der Waals surface area (Å²) in [6, 6.07) is 83.4. The predicted octanol–water partition coefficient (Wildman–Crippen LogP) is 21.0. The van der Waals surface area contributed by atoms with Gasteiger partial charge in [0, 0.05) is 22.5 Å². The fourth-order valence-corrected chi connectivity index (χ4v) is 14.0. The van der Waals surface area contributed by atoms with Gasteiger partial charge in [0.2, 0.25) is 0 Å². The van der Waals surface area contributed by atoms with Gasteiger partial charge in [0.1, 0.15) is 0 Å². The highest BCUT2D eigenvalue weighted by atomic mass is 15.1. The number of aryl methyl sites for hydroxylation is 2. The zero-order chi connectivity index (χ0) is 53.2. The molecule has 0 bridgehead atoms. The Morgan fingerprint density at radius 2 is 0.844 bits per heavy atom. The maximum atomic E-state index is 2.55. The molecule has 1 spiro atoms. The number of benzene rings is 10. The van der Waals surface area contributed by atoms with Crippen LogP contribution in [-0.4, -0.2) is 0 Å². The van der Waals surface area contributed by atoms with E-state index in [4.69, 9.17) is 0 Å². The van der Waals surface area contributed by atoms with Gasteiger partial charge < -0.3 is 4.90 Å². The number of nitrogens with zero attached hydrogens (tertiary/aromatic N) is 1. The number of fused-ring (bicyclic) bond motifs is 13. The lowest BCUT2D eigenvalue weighted by Gasteiger charge is -2.36. The second-order valence-corrected chi connectivity index (χ2v) is 25.3. The Balaban J connectivity index is 0.950. The molecule has 0 radical (unpaired) electrons. The summed E-state index contributed by atoms with van der Waals surface area (Å²) in [4.78, 5) is 2.49. The Hall–Kier alpha value is -8.00. The molecule has 2 atom stereocenters. The van der Waals surface area contributed by atoms with Crippen LogP contribution in [0.15, 0.2) is 218 Å². The smallest absolute Gasteiger partial charge is 0.0725 e. The van der Waals surface area contributed by atoms with Crippen LogP contribution in [0.5, 0.6) is 0 Å². The molecule has 0 aliphatic heterocycles. The molecule has 0 fully saturated rings. The van der Waals surface area contributed by atoms with Crippen LogP contribution < -0.4 is 4.90 Å². The van der Waals surface area contributed by atoms with Crippen molar-refractivity contribution in [3.8, 4) is 66.8 Å². The van der Waals surface area contributed by atoms with Crippen molar-refractivity contribution in [1.82, 2.24) is 0 Å². The molecule has 3 aliphatic carbocycles. The Labute approximate surface area is 458 Å². The highest BCUT2D eigenvalue weighted by molar-refractivity contribution is 5.97. The molecule has 3 aliphatic rings. The normalized spacial score (nSPS) is 15.8. The first-order chi connectivity index (χ1) is 37.0. The van der Waals surface area contributed by atoms with Crippen molar-refractivity contribution in [3.05, 3.63) is 268 Å². The van der Waals surface area contributed by atoms with Crippen LogP contribution in [-0.2, 0) is 10.8 Å². The molecule has 10 aromatic carbocycles. The minimum Gasteiger partial charge on any atom is -0.310 e. The van der Waals surface area contributed by atoms with Gasteiger partial charge in [-0.25, -0.2) is 0 Å². The van der Waals surface area contributed by atoms with Gasteiger partial charge >= 0.3 is 0 Å². The molecule has 1 nitrogen and oxygen atoms in total. The molecule has 77 heavy (non-hydrogen) atoms. The molecule has 0 saturated heterocycles. The number of anilines is 3. The summed E-state index contributed by atoms with van der Waals surface area (Å²) in [6.45, 7) is 23.7. The summed E-state index contributed by atoms with van der Waals surface area (Å²) < 4.78 is 0. The summed E-state index contributed by atoms with van der Waals surface area (Å²) in [5.74, 6) is 0.431. The minimum atomic E-state index is -0.492. The second-order valence-electron chi connectivity index (χ2n) is 25.3. The molecule has 10 aromatic rings. The third-order valence-corrected chi connectivity index (χ3v) is 17.7. The van der Waals surface area contributed by atoms with Crippen LogP contribution in [0, 0.1) is 24.7 Å². The van der Waals surface area contributed by atoms with Crippen molar-refractivity contribution in [2.75, 3.05) is 4.90 Å². The average Bonchev–Trinajstić information content (AvgIpc) is 4.16. The van der Waals surface area contributed by atoms with Crippen LogP contribution in [0.3, 0.4) is 0 Å². The van der Waals surface area contributed by atoms with Gasteiger partial charge in [-0.3, -0.25) is 0 Å². The second kappa shape index (κ2) is 17.8. The first-order valence-electron chi connectivity index (χ1n) is 27.9. The van der Waals surface area contributed by atoms with E-state index in [0.717, 1.165) is 17.8 Å². The van der Waals surface area contributed by atoms with Gasteiger partial charge in [-0.1, -0.05) is 225 Å². The van der Waals surface area contributed by atoms with Gasteiger partial charge in [-0.15, -0.1) is 0 Å². The van der Waals surface area contributed by atoms with Gasteiger partial charge in [0.05, 0.1) is 5.41 Å². The Morgan fingerprint density at radius 1 is 0.364 bits per heavy atom. The zero-order valence-electron chi connectivity index (χ0n) is 46.5. The topological polar surface area (TPSA) is 3.24 Å². The monoisotopic (exact) mass is 996 g/mol. The van der Waals surface area contributed by atoms with Crippen molar-refractivity contribution in [2.45, 2.75) is 92.4 Å². The lowest BCUT2D eigenvalue weighted by atomic mass is 9.68. The third-order valence-electron chi connectivity index (χ3n) is 17.7. The summed E-state index contributed by atoms with van der Waals surface area (Å²) >= 11 is 0. The van der Waals surface area contributed by atoms with Crippen molar-refractivity contribution >= 4 is 17.1 Å². The van der Waals surface area contributed by atoms with E-state index >= 15 is 0 Å². The lowest BCUT2D eigenvalue weighted by molar-refractivity contribution is 0.229. The van der Waals surface area contributed by atoms with Crippen LogP contribution in [0.1, 0.15) is 118 Å². The molecule has 0 heterocycles. The largest absolute Gasteiger partial charge is 0.310 e. The van der Waals surface area contributed by atoms with E-state index in [2.05, 4.69) is 293 Å². The summed E-state index contributed by atoms with van der Waals surface area (Å²) in [6.07, 6.45) is 1.13. The van der Waals surface area contributed by atoms with Crippen molar-refractivity contribution in [1.29, 1.82) is 0 Å². The maximum Gasteiger partial charge on any atom is 0.0725 e. The highest BCUT2D eigenvalue weighted by Crippen LogP contribution is 2.64. The van der Waals surface area contributed by atoms with Crippen molar-refractivity contribution < 1.29 is 0 Å². The van der Waals surface area contributed by atoms with Gasteiger partial charge in [0.15, 0.2) is 0 Å². The average molecular weight is 996 g/mol. The van der Waals surface area contributed by atoms with E-state index in [-0.39, 0.29) is 16.2 Å². The van der Waals surface area contributed by atoms with Crippen LogP contribution in [0.4, 0.5) is 17.1 Å². The van der Waals surface area contributed by atoms with E-state index in [1.165, 1.54) is 123 Å². The fraction of sp³-hybridized carbons (Fsp3) is 0.211. The zero-order valence-corrected chi connectivity index (χ0v) is 46.5. The Bertz CT molecular complexity index is 3950. The minimum absolute atomic E-state index is 0.126. The molecular weight excluding hydrogens is 927 g/mol. The Kier molecular flexibility index (Phi) is 11.2. The van der Waals surface area contributed by atoms with Gasteiger partial charge in [0.25, 0.3) is 0 Å². The number of hydrogen-bond acceptors (Lipinski definition) is 1. The van der Waals surface area contributed by atoms with Crippen molar-refractivity contribution in [2.24, 2.45) is 10.8 Å². The van der Waals surface area contributed by atoms with Crippen LogP contribution >= 0.6 is 0 Å². The summed E-state index contributed by atoms with van der Waals surface area (Å²) in [5.41, 5.74) is 30.7. The molecule has 13 rings (SSSR count). The van der Waals surface area contributed by atoms with Crippen LogP contribution in [0.25, 0.3) is 66.8 Å². The van der Waals surface area contributed by atoms with E-state index in [1.54, 1.807) is 0 Å². The fourth-order valence-electron chi connectivity index (χ4n) is 14.0. The standard InChI is InChI=1S/C76H69N/c1-48-42-72(77(56-35-31-51(32-36-56)50-21-12-11-13-22-50)57-37-40-61-58-25-14-17-28-65(58)75(9,10)68(61)46-57)49(2)41-64(48)54-34-39-63-60-27-16-19-30-67(60)76(70(63)45-54)66-29-18-15-26-59(66)62-38-33-53(44-69(62)76)52-23-20-24-55(43-52)71(74(6,7)8)47-73(3,4)5/h11-46,71H,47H2,1-10H3. The first kappa shape index (κ1) is 48.6. The number of hydrogen-bond donors (Lipinski definition) is 0. The van der Waals surface area contributed by atoms with Gasteiger partial charge in [-0.05, 0) is 202 Å². The van der Waals surface area contributed by atoms with Crippen LogP contribution in [0.2, 0.25) is 0 Å². The third kappa shape index (κ3) is 7.79. The van der Waals surface area contributed by atoms with Crippen molar-refractivity contribution in [3.63, 3.8) is 0 Å². The molecule has 0 aromatic heterocycles. The Morgan fingerprint density at radius 3 is 1.48 bits per heavy atom. The maximum absolute atomic E-state index is 2.55. The highest BCUT2D eigenvalue weighted by Gasteiger charge is 2.52. The molecule has 0 N–H and O–H groups in total. The SMILES string of the molecule is Cc1cc(N(c2ccc(-c3ccccc3)cc2)c2ccc3c(c2)C(C)(C)c2ccccc2-3)c(C)cc1-c1ccc2c(c1)C1(c3ccccc3-c3ccc(-c4cccc(C(CC(C)(C)C)C(C)(C)C)c4)cc31)c1ccccc1-2. The molecular formula is C76H69N. The summed E-state index contributed by atoms with van der Waals surface area (Å²) in [5, 5.41) is 0. The molecule has 2 unspecified atom stereocenters. The summed E-state index contributed by atoms with van der Waals surface area (Å²) in [7, 11) is 0. The quantitative estimate of drug-likeness (QED) is 0.147. The predicted molar refractivity (Wildman–Crippen MR) is 327 cm³/mol.